The molecule has 6 nitrogen and oxygen atoms in total. The highest BCUT2D eigenvalue weighted by molar-refractivity contribution is 5.50. The van der Waals surface area contributed by atoms with Gasteiger partial charge in [-0.3, -0.25) is 4.79 Å². The van der Waals surface area contributed by atoms with Crippen LogP contribution in [0.1, 0.15) is 43.3 Å². The Kier molecular flexibility index (Phi) is 8.25. The number of ether oxygens (including phenoxy) is 2. The molecule has 1 aromatic carbocycles. The predicted molar refractivity (Wildman–Crippen MR) is 102 cm³/mol. The molecule has 0 spiro atoms. The van der Waals surface area contributed by atoms with Crippen molar-refractivity contribution in [2.75, 3.05) is 13.2 Å². The molecule has 148 valence electrons. The summed E-state index contributed by atoms with van der Waals surface area (Å²) >= 11 is 0. The van der Waals surface area contributed by atoms with E-state index in [2.05, 4.69) is 0 Å². The van der Waals surface area contributed by atoms with E-state index in [0.717, 1.165) is 12.8 Å². The van der Waals surface area contributed by atoms with Crippen LogP contribution in [0.5, 0.6) is 11.5 Å². The first-order valence-electron chi connectivity index (χ1n) is 8.95. The number of allylic oxidation sites excluding steroid dienone is 1. The van der Waals surface area contributed by atoms with Crippen LogP contribution in [0, 0.1) is 17.1 Å². The second kappa shape index (κ2) is 10.9. The van der Waals surface area contributed by atoms with E-state index in [4.69, 9.17) is 24.3 Å². The van der Waals surface area contributed by atoms with Crippen molar-refractivity contribution in [2.24, 2.45) is 0 Å². The summed E-state index contributed by atoms with van der Waals surface area (Å²) in [6.07, 6.45) is 5.54. The Hall–Kier alpha value is -3.11. The molecule has 0 unspecified atom stereocenters. The van der Waals surface area contributed by atoms with Crippen LogP contribution in [0.15, 0.2) is 39.6 Å². The van der Waals surface area contributed by atoms with Crippen molar-refractivity contribution in [3.8, 4) is 17.6 Å². The zero-order chi connectivity index (χ0) is 20.4. The van der Waals surface area contributed by atoms with Crippen molar-refractivity contribution in [1.82, 2.24) is 0 Å². The summed E-state index contributed by atoms with van der Waals surface area (Å²) in [4.78, 5) is 12.1. The molecule has 2 rings (SSSR count). The average Bonchev–Trinajstić information content (AvgIpc) is 2.69. The van der Waals surface area contributed by atoms with E-state index >= 15 is 0 Å². The summed E-state index contributed by atoms with van der Waals surface area (Å²) < 4.78 is 29.9. The topological polar surface area (TPSA) is 92.7 Å². The molecule has 0 amide bonds. The molecule has 2 aromatic rings. The number of hydrogen-bond donors (Lipinski definition) is 1. The minimum absolute atomic E-state index is 0.0155. The van der Waals surface area contributed by atoms with Gasteiger partial charge in [-0.1, -0.05) is 6.08 Å². The maximum absolute atomic E-state index is 13.5. The van der Waals surface area contributed by atoms with Gasteiger partial charge in [0.1, 0.15) is 30.0 Å². The molecule has 0 fully saturated rings. The van der Waals surface area contributed by atoms with Gasteiger partial charge in [0.25, 0.3) is 0 Å². The Morgan fingerprint density at radius 3 is 2.61 bits per heavy atom. The van der Waals surface area contributed by atoms with Gasteiger partial charge in [-0.15, -0.1) is 0 Å². The Bertz CT molecular complexity index is 914. The number of benzene rings is 1. The smallest absolute Gasteiger partial charge is 0.227 e. The van der Waals surface area contributed by atoms with Crippen LogP contribution in [-0.4, -0.2) is 18.3 Å². The Morgan fingerprint density at radius 1 is 1.21 bits per heavy atom. The van der Waals surface area contributed by atoms with Gasteiger partial charge in [0.05, 0.1) is 18.8 Å². The molecule has 0 aliphatic rings. The molecule has 1 N–H and O–H groups in total. The zero-order valence-electron chi connectivity index (χ0n) is 15.6. The number of nitriles is 1. The van der Waals surface area contributed by atoms with E-state index in [1.807, 2.05) is 0 Å². The number of unbranched alkanes of at least 4 members (excludes halogenated alkanes) is 2. The fourth-order valence-electron chi connectivity index (χ4n) is 2.45. The minimum atomic E-state index is -0.601. The summed E-state index contributed by atoms with van der Waals surface area (Å²) in [7, 11) is 0. The third-order valence-corrected chi connectivity index (χ3v) is 3.82. The van der Waals surface area contributed by atoms with Crippen LogP contribution in [0.2, 0.25) is 0 Å². The van der Waals surface area contributed by atoms with Gasteiger partial charge < -0.3 is 19.0 Å². The first-order chi connectivity index (χ1) is 13.6. The standard InChI is InChI=1S/C21H22FNO5/c1-2-6-20-21(19(25)12-17(14-24)28-20)27-10-5-3-4-9-26-16-8-7-15(13-23)18(22)11-16/h2,6-8,11-12,24H,3-5,9-10,14H2,1H3/b6-2+. The summed E-state index contributed by atoms with van der Waals surface area (Å²) in [5, 5.41) is 17.8. The van der Waals surface area contributed by atoms with Crippen molar-refractivity contribution in [1.29, 1.82) is 5.26 Å². The van der Waals surface area contributed by atoms with Gasteiger partial charge in [-0.2, -0.15) is 5.26 Å². The van der Waals surface area contributed by atoms with Gasteiger partial charge in [0.2, 0.25) is 11.2 Å². The molecule has 0 saturated heterocycles. The summed E-state index contributed by atoms with van der Waals surface area (Å²) in [6, 6.07) is 7.11. The number of rotatable bonds is 10. The lowest BCUT2D eigenvalue weighted by atomic mass is 10.2. The fourth-order valence-corrected chi connectivity index (χ4v) is 2.45. The van der Waals surface area contributed by atoms with Gasteiger partial charge in [0, 0.05) is 12.1 Å². The maximum Gasteiger partial charge on any atom is 0.227 e. The number of nitrogens with zero attached hydrogens (tertiary/aromatic N) is 1. The van der Waals surface area contributed by atoms with Crippen molar-refractivity contribution in [3.05, 3.63) is 63.5 Å². The highest BCUT2D eigenvalue weighted by Crippen LogP contribution is 2.18. The Balaban J connectivity index is 1.76. The third kappa shape index (κ3) is 5.96. The second-order valence-corrected chi connectivity index (χ2v) is 5.94. The Labute approximate surface area is 162 Å². The van der Waals surface area contributed by atoms with Crippen molar-refractivity contribution in [3.63, 3.8) is 0 Å². The van der Waals surface area contributed by atoms with E-state index in [9.17, 15) is 9.18 Å². The van der Waals surface area contributed by atoms with E-state index in [1.165, 1.54) is 18.2 Å². The van der Waals surface area contributed by atoms with E-state index in [0.29, 0.717) is 25.4 Å². The lowest BCUT2D eigenvalue weighted by Crippen LogP contribution is -2.11. The summed E-state index contributed by atoms with van der Waals surface area (Å²) in [6.45, 7) is 2.17. The SMILES string of the molecule is C/C=C/c1oc(CO)cc(=O)c1OCCCCCOc1ccc(C#N)c(F)c1. The van der Waals surface area contributed by atoms with Crippen LogP contribution in [0.4, 0.5) is 4.39 Å². The molecule has 0 radical (unpaired) electrons. The molecule has 0 aliphatic carbocycles. The molecule has 0 aliphatic heterocycles. The molecule has 28 heavy (non-hydrogen) atoms. The molecule has 1 heterocycles. The van der Waals surface area contributed by atoms with E-state index in [1.54, 1.807) is 31.2 Å². The third-order valence-electron chi connectivity index (χ3n) is 3.82. The molecular weight excluding hydrogens is 365 g/mol. The lowest BCUT2D eigenvalue weighted by Gasteiger charge is -2.09. The highest BCUT2D eigenvalue weighted by atomic mass is 19.1. The van der Waals surface area contributed by atoms with Gasteiger partial charge >= 0.3 is 0 Å². The largest absolute Gasteiger partial charge is 0.493 e. The summed E-state index contributed by atoms with van der Waals surface area (Å²) in [5.74, 6) is 0.369. The first-order valence-corrected chi connectivity index (χ1v) is 8.95. The average molecular weight is 387 g/mol. The van der Waals surface area contributed by atoms with Crippen molar-refractivity contribution in [2.45, 2.75) is 32.8 Å². The van der Waals surface area contributed by atoms with E-state index in [-0.39, 0.29) is 34.9 Å². The molecular formula is C21H22FNO5. The summed E-state index contributed by atoms with van der Waals surface area (Å²) in [5.41, 5.74) is -0.354. The molecule has 0 atom stereocenters. The van der Waals surface area contributed by atoms with Crippen LogP contribution in [0.25, 0.3) is 6.08 Å². The molecule has 7 heteroatoms. The number of aliphatic hydroxyl groups is 1. The van der Waals surface area contributed by atoms with Crippen molar-refractivity contribution >= 4 is 6.08 Å². The first kappa shape index (κ1) is 21.2. The molecule has 0 bridgehead atoms. The van der Waals surface area contributed by atoms with Gasteiger partial charge in [-0.25, -0.2) is 4.39 Å². The minimum Gasteiger partial charge on any atom is -0.493 e. The normalized spacial score (nSPS) is 10.8. The number of hydrogen-bond acceptors (Lipinski definition) is 6. The monoisotopic (exact) mass is 387 g/mol. The van der Waals surface area contributed by atoms with Crippen LogP contribution in [0.3, 0.4) is 0 Å². The molecule has 0 saturated carbocycles. The van der Waals surface area contributed by atoms with Gasteiger partial charge in [0.15, 0.2) is 5.76 Å². The van der Waals surface area contributed by atoms with Crippen LogP contribution in [-0.2, 0) is 6.61 Å². The second-order valence-electron chi connectivity index (χ2n) is 5.94. The fraction of sp³-hybridized carbons (Fsp3) is 0.333. The zero-order valence-corrected chi connectivity index (χ0v) is 15.6. The molecule has 1 aromatic heterocycles. The van der Waals surface area contributed by atoms with Crippen LogP contribution < -0.4 is 14.9 Å². The lowest BCUT2D eigenvalue weighted by molar-refractivity contribution is 0.234. The Morgan fingerprint density at radius 2 is 1.96 bits per heavy atom. The quantitative estimate of drug-likeness (QED) is 0.623. The predicted octanol–water partition coefficient (Wildman–Crippen LogP) is 3.80. The van der Waals surface area contributed by atoms with Crippen molar-refractivity contribution < 1.29 is 23.4 Å². The number of halogens is 1. The van der Waals surface area contributed by atoms with Gasteiger partial charge in [-0.05, 0) is 44.4 Å². The van der Waals surface area contributed by atoms with Crippen LogP contribution >= 0.6 is 0 Å². The van der Waals surface area contributed by atoms with E-state index < -0.39 is 5.82 Å². The number of aliphatic hydroxyl groups excluding tert-OH is 1. The maximum atomic E-state index is 13.5. The highest BCUT2D eigenvalue weighted by Gasteiger charge is 2.11.